The first-order valence-corrected chi connectivity index (χ1v) is 6.79. The van der Waals surface area contributed by atoms with Crippen molar-refractivity contribution in [1.82, 2.24) is 5.43 Å². The minimum Gasteiger partial charge on any atom is -0.397 e. The number of nitrogens with one attached hydrogen (secondary N) is 1. The van der Waals surface area contributed by atoms with Gasteiger partial charge in [0.15, 0.2) is 5.76 Å². The first-order valence-electron chi connectivity index (χ1n) is 6.38. The summed E-state index contributed by atoms with van der Waals surface area (Å²) in [6.45, 7) is 3.92. The van der Waals surface area contributed by atoms with E-state index in [2.05, 4.69) is 5.43 Å². The molecule has 114 valence electrons. The van der Waals surface area contributed by atoms with E-state index < -0.39 is 4.92 Å². The van der Waals surface area contributed by atoms with Crippen molar-refractivity contribution in [1.29, 1.82) is 0 Å². The van der Waals surface area contributed by atoms with Crippen LogP contribution in [-0.2, 0) is 0 Å². The van der Waals surface area contributed by atoms with Gasteiger partial charge in [-0.3, -0.25) is 10.1 Å². The van der Waals surface area contributed by atoms with Crippen molar-refractivity contribution in [3.8, 4) is 0 Å². The maximum atomic E-state index is 10.7. The molecule has 1 aromatic heterocycles. The Morgan fingerprint density at radius 3 is 2.64 bits per heavy atom. The lowest BCUT2D eigenvalue weighted by atomic mass is 10.1. The summed E-state index contributed by atoms with van der Waals surface area (Å²) >= 11 is 5.19. The third-order valence-electron chi connectivity index (χ3n) is 3.00. The number of furan rings is 1. The van der Waals surface area contributed by atoms with Crippen LogP contribution in [0.15, 0.2) is 34.7 Å². The van der Waals surface area contributed by atoms with E-state index in [1.54, 1.807) is 10.8 Å². The lowest BCUT2D eigenvalue weighted by molar-refractivity contribution is -0.402. The Hall–Kier alpha value is -2.58. The largest absolute Gasteiger partial charge is 0.433 e. The zero-order chi connectivity index (χ0) is 16.3. The fourth-order valence-electron chi connectivity index (χ4n) is 2.02. The predicted molar refractivity (Wildman–Crippen MR) is 86.3 cm³/mol. The summed E-state index contributed by atoms with van der Waals surface area (Å²) in [5, 5.41) is 10.9. The molecule has 1 heterocycles. The number of hydrazine groups is 1. The average molecular weight is 319 g/mol. The van der Waals surface area contributed by atoms with Crippen molar-refractivity contribution < 1.29 is 13.9 Å². The Labute approximate surface area is 132 Å². The Bertz CT molecular complexity index is 767. The highest BCUT2D eigenvalue weighted by Gasteiger charge is 2.18. The fraction of sp³-hybridized carbons (Fsp3) is 0.143. The van der Waals surface area contributed by atoms with Gasteiger partial charge in [-0.05, 0) is 31.5 Å². The number of hydrogen-bond donors (Lipinski definition) is 2. The fourth-order valence-corrected chi connectivity index (χ4v) is 2.17. The lowest BCUT2D eigenvalue weighted by Crippen LogP contribution is -2.36. The molecule has 0 amide bonds. The molecule has 0 fully saturated rings. The summed E-state index contributed by atoms with van der Waals surface area (Å²) in [4.78, 5) is 10.1. The monoisotopic (exact) mass is 319 g/mol. The van der Waals surface area contributed by atoms with Gasteiger partial charge in [0.2, 0.25) is 0 Å². The third-order valence-corrected chi connectivity index (χ3v) is 3.32. The van der Waals surface area contributed by atoms with Crippen molar-refractivity contribution in [3.05, 3.63) is 57.3 Å². The molecule has 0 bridgehead atoms. The minimum absolute atomic E-state index is 0.242. The standard InChI is InChI=1S/C14H14N4O3S/c1-9-3-5-12(10(2)7-9)17(14(22)16-15)8-11-4-6-13(21-11)18(19)20/h3-8H,15H2,1-2H3/p+1. The summed E-state index contributed by atoms with van der Waals surface area (Å²) in [6.07, 6.45) is 1.55. The van der Waals surface area contributed by atoms with Crippen molar-refractivity contribution in [3.63, 3.8) is 0 Å². The van der Waals surface area contributed by atoms with Gasteiger partial charge in [0, 0.05) is 12.2 Å². The van der Waals surface area contributed by atoms with E-state index in [1.807, 2.05) is 32.0 Å². The Morgan fingerprint density at radius 2 is 2.09 bits per heavy atom. The number of nitrogens with two attached hydrogens (primary N) is 1. The molecule has 0 spiro atoms. The van der Waals surface area contributed by atoms with E-state index in [1.165, 1.54) is 12.1 Å². The maximum absolute atomic E-state index is 10.7. The van der Waals surface area contributed by atoms with Crippen molar-refractivity contribution in [2.75, 3.05) is 0 Å². The predicted octanol–water partition coefficient (Wildman–Crippen LogP) is 2.32. The smallest absolute Gasteiger partial charge is 0.397 e. The van der Waals surface area contributed by atoms with Crippen LogP contribution >= 0.6 is 12.2 Å². The van der Waals surface area contributed by atoms with Gasteiger partial charge in [-0.25, -0.2) is 0 Å². The van der Waals surface area contributed by atoms with Gasteiger partial charge in [0.05, 0.1) is 6.07 Å². The molecule has 8 heteroatoms. The van der Waals surface area contributed by atoms with Crippen LogP contribution in [0.2, 0.25) is 0 Å². The zero-order valence-corrected chi connectivity index (χ0v) is 12.9. The topological polar surface area (TPSA) is 97.3 Å². The molecule has 0 atom stereocenters. The zero-order valence-electron chi connectivity index (χ0n) is 12.1. The summed E-state index contributed by atoms with van der Waals surface area (Å²) in [5.41, 5.74) is 5.30. The highest BCUT2D eigenvalue weighted by Crippen LogP contribution is 2.21. The van der Waals surface area contributed by atoms with Crippen molar-refractivity contribution in [2.24, 2.45) is 5.84 Å². The molecule has 22 heavy (non-hydrogen) atoms. The van der Waals surface area contributed by atoms with Gasteiger partial charge in [0.1, 0.15) is 16.8 Å². The molecule has 1 aromatic carbocycles. The van der Waals surface area contributed by atoms with Gasteiger partial charge < -0.3 is 4.42 Å². The second kappa shape index (κ2) is 6.46. The highest BCUT2D eigenvalue weighted by atomic mass is 32.1. The molecular weight excluding hydrogens is 304 g/mol. The summed E-state index contributed by atoms with van der Waals surface area (Å²) < 4.78 is 6.73. The number of nitro groups is 1. The van der Waals surface area contributed by atoms with Crippen LogP contribution in [0.5, 0.6) is 0 Å². The number of aryl methyl sites for hydroxylation is 2. The van der Waals surface area contributed by atoms with Gasteiger partial charge in [0.25, 0.3) is 0 Å². The molecular formula is C14H15N4O3S+. The van der Waals surface area contributed by atoms with E-state index >= 15 is 0 Å². The highest BCUT2D eigenvalue weighted by molar-refractivity contribution is 7.79. The van der Waals surface area contributed by atoms with Gasteiger partial charge >= 0.3 is 11.0 Å². The van der Waals surface area contributed by atoms with E-state index in [4.69, 9.17) is 22.5 Å². The number of benzene rings is 1. The average Bonchev–Trinajstić information content (AvgIpc) is 2.93. The SMILES string of the molecule is Cc1ccc([N+](=Cc2ccc([N+](=O)[O-])o2)C(=S)NN)c(C)c1. The number of hydrogen-bond acceptors (Lipinski definition) is 5. The van der Waals surface area contributed by atoms with Gasteiger partial charge in [-0.15, -0.1) is 0 Å². The first kappa shape index (κ1) is 15.8. The van der Waals surface area contributed by atoms with Crippen LogP contribution in [0.25, 0.3) is 0 Å². The molecule has 7 nitrogen and oxygen atoms in total. The first-order chi connectivity index (χ1) is 10.4. The maximum Gasteiger partial charge on any atom is 0.433 e. The Balaban J connectivity index is 2.51. The number of nitrogens with zero attached hydrogens (tertiary/aromatic N) is 2. The normalized spacial score (nSPS) is 11.3. The van der Waals surface area contributed by atoms with Crippen LogP contribution < -0.4 is 11.3 Å². The lowest BCUT2D eigenvalue weighted by Gasteiger charge is -2.08. The molecule has 0 saturated heterocycles. The summed E-state index contributed by atoms with van der Waals surface area (Å²) in [5.74, 6) is 5.37. The van der Waals surface area contributed by atoms with Crippen LogP contribution in [-0.4, -0.2) is 20.8 Å². The quantitative estimate of drug-likeness (QED) is 0.225. The molecule has 0 aliphatic rings. The van der Waals surface area contributed by atoms with Crippen LogP contribution in [0, 0.1) is 24.0 Å². The van der Waals surface area contributed by atoms with E-state index in [9.17, 15) is 10.1 Å². The molecule has 0 radical (unpaired) electrons. The second-order valence-electron chi connectivity index (χ2n) is 4.67. The molecule has 3 N–H and O–H groups in total. The van der Waals surface area contributed by atoms with Crippen LogP contribution in [0.1, 0.15) is 16.9 Å². The third kappa shape index (κ3) is 3.35. The van der Waals surface area contributed by atoms with Crippen molar-refractivity contribution >= 4 is 35.1 Å². The Morgan fingerprint density at radius 1 is 1.36 bits per heavy atom. The summed E-state index contributed by atoms with van der Waals surface area (Å²) in [6, 6.07) is 8.60. The minimum atomic E-state index is -0.599. The number of rotatable bonds is 3. The van der Waals surface area contributed by atoms with E-state index in [-0.39, 0.29) is 11.0 Å². The Kier molecular flexibility index (Phi) is 4.64. The van der Waals surface area contributed by atoms with E-state index in [0.717, 1.165) is 16.8 Å². The molecule has 0 saturated carbocycles. The van der Waals surface area contributed by atoms with E-state index in [0.29, 0.717) is 5.76 Å². The van der Waals surface area contributed by atoms with Gasteiger partial charge in [-0.2, -0.15) is 15.8 Å². The number of thiocarbonyl (C=S) groups is 1. The summed E-state index contributed by atoms with van der Waals surface area (Å²) in [7, 11) is 0. The molecule has 2 aromatic rings. The molecule has 0 aliphatic carbocycles. The molecule has 0 aliphatic heterocycles. The molecule has 2 rings (SSSR count). The second-order valence-corrected chi connectivity index (χ2v) is 5.06. The van der Waals surface area contributed by atoms with Gasteiger partial charge in [-0.1, -0.05) is 17.7 Å². The molecule has 0 unspecified atom stereocenters. The van der Waals surface area contributed by atoms with Crippen LogP contribution in [0.4, 0.5) is 11.6 Å². The van der Waals surface area contributed by atoms with Crippen LogP contribution in [0.3, 0.4) is 0 Å². The van der Waals surface area contributed by atoms with Crippen molar-refractivity contribution in [2.45, 2.75) is 13.8 Å².